The van der Waals surface area contributed by atoms with Gasteiger partial charge in [0.05, 0.1) is 8.42 Å². The molecule has 2 aromatic rings. The Morgan fingerprint density at radius 3 is 0.810 bits per heavy atom. The van der Waals surface area contributed by atoms with Gasteiger partial charge >= 0.3 is 0 Å². The van der Waals surface area contributed by atoms with Gasteiger partial charge in [0.2, 0.25) is 0 Å². The summed E-state index contributed by atoms with van der Waals surface area (Å²) in [4.78, 5) is 2.93. The Hall–Kier alpha value is -2.76. The van der Waals surface area contributed by atoms with Crippen LogP contribution in [0.1, 0.15) is 151 Å². The van der Waals surface area contributed by atoms with Crippen LogP contribution in [0.25, 0.3) is 12.2 Å². The summed E-state index contributed by atoms with van der Waals surface area (Å²) in [5.74, 6) is 2.47. The third kappa shape index (κ3) is 22.6. The monoisotopic (exact) mass is 852 g/mol. The average Bonchev–Trinajstić information content (AvgIpc) is 3.74. The normalized spacial score (nSPS) is 13.3. The molecular formula is C54H76S4. The van der Waals surface area contributed by atoms with Gasteiger partial charge in [0.15, 0.2) is 0 Å². The maximum Gasteiger partial charge on any atom is 0.0639 e. The van der Waals surface area contributed by atoms with Crippen LogP contribution in [0.4, 0.5) is 0 Å². The second-order valence-corrected chi connectivity index (χ2v) is 19.3. The molecule has 0 atom stereocenters. The van der Waals surface area contributed by atoms with Gasteiger partial charge in [0.1, 0.15) is 0 Å². The predicted molar refractivity (Wildman–Crippen MR) is 275 cm³/mol. The van der Waals surface area contributed by atoms with Crippen molar-refractivity contribution in [1.82, 2.24) is 0 Å². The van der Waals surface area contributed by atoms with E-state index in [0.717, 1.165) is 0 Å². The van der Waals surface area contributed by atoms with E-state index in [2.05, 4.69) is 199 Å². The maximum atomic E-state index is 2.34. The molecule has 2 aromatic heterocycles. The Balaban J connectivity index is 1.81. The fourth-order valence-electron chi connectivity index (χ4n) is 6.02. The van der Waals surface area contributed by atoms with Crippen LogP contribution in [0.15, 0.2) is 130 Å². The second-order valence-electron chi connectivity index (χ2n) is 14.4. The minimum Gasteiger partial charge on any atom is -0.129 e. The molecular weight excluding hydrogens is 777 g/mol. The molecule has 0 radical (unpaired) electrons. The fraction of sp³-hybridized carbons (Fsp3) is 0.444. The highest BCUT2D eigenvalue weighted by molar-refractivity contribution is 8.01. The van der Waals surface area contributed by atoms with Crippen molar-refractivity contribution in [2.75, 3.05) is 11.5 Å². The lowest BCUT2D eigenvalue weighted by molar-refractivity contribution is 0.755. The van der Waals surface area contributed by atoms with Gasteiger partial charge in [-0.15, -0.1) is 46.2 Å². The summed E-state index contributed by atoms with van der Waals surface area (Å²) in [5.41, 5.74) is 6.52. The molecule has 0 saturated carbocycles. The van der Waals surface area contributed by atoms with Crippen LogP contribution in [0.2, 0.25) is 0 Å². The van der Waals surface area contributed by atoms with E-state index < -0.39 is 0 Å². The molecule has 0 amide bonds. The topological polar surface area (TPSA) is 0 Å². The smallest absolute Gasteiger partial charge is 0.0639 e. The largest absolute Gasteiger partial charge is 0.129 e. The van der Waals surface area contributed by atoms with E-state index in [-0.39, 0.29) is 0 Å². The third-order valence-corrected chi connectivity index (χ3v) is 14.7. The molecule has 0 saturated heterocycles. The summed E-state index contributed by atoms with van der Waals surface area (Å²) in [7, 11) is 0. The van der Waals surface area contributed by atoms with Gasteiger partial charge < -0.3 is 0 Å². The molecule has 0 unspecified atom stereocenters. The highest BCUT2D eigenvalue weighted by Gasteiger charge is 2.17. The number of unbranched alkanes of at least 4 members (excludes halogenated alkanes) is 6. The van der Waals surface area contributed by atoms with Gasteiger partial charge in [-0.2, -0.15) is 0 Å². The Kier molecular flexibility index (Phi) is 32.0. The number of allylic oxidation sites excluding steroid dienone is 20. The molecule has 0 aliphatic heterocycles. The predicted octanol–water partition coefficient (Wildman–Crippen LogP) is 18.7. The van der Waals surface area contributed by atoms with Crippen LogP contribution in [0, 0.1) is 0 Å². The number of hydrogen-bond acceptors (Lipinski definition) is 4. The van der Waals surface area contributed by atoms with Gasteiger partial charge in [-0.1, -0.05) is 202 Å². The van der Waals surface area contributed by atoms with E-state index in [9.17, 15) is 0 Å². The first-order chi connectivity index (χ1) is 28.6. The van der Waals surface area contributed by atoms with Gasteiger partial charge in [-0.3, -0.25) is 0 Å². The van der Waals surface area contributed by atoms with E-state index in [4.69, 9.17) is 0 Å². The zero-order chi connectivity index (χ0) is 41.7. The molecule has 0 N–H and O–H groups in total. The third-order valence-electron chi connectivity index (χ3n) is 9.41. The number of thiophene rings is 2. The molecule has 4 heteroatoms. The lowest BCUT2D eigenvalue weighted by atomic mass is 10.0. The van der Waals surface area contributed by atoms with Crippen molar-refractivity contribution in [1.29, 1.82) is 0 Å². The van der Waals surface area contributed by atoms with Crippen LogP contribution >= 0.6 is 46.2 Å². The van der Waals surface area contributed by atoms with Crippen molar-refractivity contribution in [3.05, 3.63) is 154 Å². The lowest BCUT2D eigenvalue weighted by Crippen LogP contribution is -1.94. The zero-order valence-corrected chi connectivity index (χ0v) is 40.3. The van der Waals surface area contributed by atoms with Crippen LogP contribution in [-0.4, -0.2) is 11.5 Å². The first-order valence-corrected chi connectivity index (χ1v) is 26.1. The quantitative estimate of drug-likeness (QED) is 0.0409. The van der Waals surface area contributed by atoms with Gasteiger partial charge in [-0.05, 0) is 110 Å². The number of thioether (sulfide) groups is 2. The molecule has 2 heterocycles. The van der Waals surface area contributed by atoms with Gasteiger partial charge in [0, 0.05) is 9.75 Å². The van der Waals surface area contributed by atoms with Gasteiger partial charge in [0.25, 0.3) is 0 Å². The summed E-state index contributed by atoms with van der Waals surface area (Å²) < 4.78 is 3.14. The van der Waals surface area contributed by atoms with Crippen LogP contribution in [0.3, 0.4) is 0 Å². The van der Waals surface area contributed by atoms with Crippen LogP contribution in [0.5, 0.6) is 0 Å². The number of hydrogen-bond donors (Lipinski definition) is 0. The highest BCUT2D eigenvalue weighted by atomic mass is 32.2. The molecule has 0 aliphatic carbocycles. The molecule has 316 valence electrons. The minimum atomic E-state index is 1.20. The Labute approximate surface area is 373 Å². The number of rotatable bonds is 32. The molecule has 0 bridgehead atoms. The van der Waals surface area contributed by atoms with Crippen molar-refractivity contribution >= 4 is 58.3 Å². The summed E-state index contributed by atoms with van der Waals surface area (Å²) in [6.07, 6.45) is 66.6. The van der Waals surface area contributed by atoms with Crippen LogP contribution in [-0.2, 0) is 25.7 Å². The van der Waals surface area contributed by atoms with E-state index in [1.807, 2.05) is 22.7 Å². The Bertz CT molecular complexity index is 1560. The Morgan fingerprint density at radius 2 is 0.552 bits per heavy atom. The zero-order valence-electron chi connectivity index (χ0n) is 37.1. The van der Waals surface area contributed by atoms with Crippen molar-refractivity contribution in [3.8, 4) is 0 Å². The molecule has 0 spiro atoms. The minimum absolute atomic E-state index is 1.20. The summed E-state index contributed by atoms with van der Waals surface area (Å²) >= 11 is 8.21. The molecule has 0 nitrogen and oxygen atoms in total. The van der Waals surface area contributed by atoms with E-state index in [0.29, 0.717) is 0 Å². The maximum absolute atomic E-state index is 2.34. The first kappa shape index (κ1) is 51.4. The van der Waals surface area contributed by atoms with Crippen LogP contribution < -0.4 is 0 Å². The van der Waals surface area contributed by atoms with Gasteiger partial charge in [-0.25, -0.2) is 0 Å². The van der Waals surface area contributed by atoms with E-state index in [1.165, 1.54) is 124 Å². The fourth-order valence-corrected chi connectivity index (χ4v) is 11.7. The van der Waals surface area contributed by atoms with Crippen molar-refractivity contribution in [3.63, 3.8) is 0 Å². The summed E-state index contributed by atoms with van der Waals surface area (Å²) in [5, 5.41) is 0. The molecule has 2 rings (SSSR count). The molecule has 0 aliphatic rings. The van der Waals surface area contributed by atoms with E-state index in [1.54, 1.807) is 30.7 Å². The SMILES string of the molecule is CCCCSc1sc(/C=C/C=C/C=C/C=C/C=C/C=C/C=C/C=C/C=C/C=C/C=C/c2sc(SCCCC)c(CCCC)c2CCCC)c(CCCC)c1CCCC. The van der Waals surface area contributed by atoms with Crippen molar-refractivity contribution in [2.45, 2.75) is 153 Å². The van der Waals surface area contributed by atoms with E-state index >= 15 is 0 Å². The molecule has 0 aromatic carbocycles. The Morgan fingerprint density at radius 1 is 0.310 bits per heavy atom. The average molecular weight is 853 g/mol. The summed E-state index contributed by atoms with van der Waals surface area (Å²) in [6, 6.07) is 0. The lowest BCUT2D eigenvalue weighted by Gasteiger charge is -2.07. The molecule has 0 fully saturated rings. The highest BCUT2D eigenvalue weighted by Crippen LogP contribution is 2.40. The molecule has 58 heavy (non-hydrogen) atoms. The second kappa shape index (κ2) is 36.1. The standard InChI is InChI=1S/C54H76S4/c1-7-13-39-47-49(41-15-9-3)53(55-45-17-11-5)57-51(47)43-37-35-33-31-29-27-25-23-21-19-20-22-24-26-28-30-32-34-36-38-44-52-48(40-14-8-2)50(42-16-10-4)54(58-52)56-46-18-12-6/h19-38,43-44H,7-18,39-42,45-46H2,1-6H3/b20-19+,23-21+,24-22+,27-25+,28-26+,31-29+,32-30+,35-33+,36-34+,43-37+,44-38+. The van der Waals surface area contributed by atoms with Crippen molar-refractivity contribution in [2.24, 2.45) is 0 Å². The first-order valence-electron chi connectivity index (χ1n) is 22.5. The summed E-state index contributed by atoms with van der Waals surface area (Å²) in [6.45, 7) is 13.8. The van der Waals surface area contributed by atoms with Crippen molar-refractivity contribution < 1.29 is 0 Å².